The van der Waals surface area contributed by atoms with Gasteiger partial charge < -0.3 is 15.2 Å². The largest absolute Gasteiger partial charge is 0.504 e. The maximum absolute atomic E-state index is 12.4. The lowest BCUT2D eigenvalue weighted by molar-refractivity contribution is -0.121. The van der Waals surface area contributed by atoms with Crippen molar-refractivity contribution in [2.24, 2.45) is 5.10 Å². The first-order valence-electron chi connectivity index (χ1n) is 8.49. The first-order chi connectivity index (χ1) is 12.5. The van der Waals surface area contributed by atoms with Crippen LogP contribution in [-0.2, 0) is 4.79 Å². The van der Waals surface area contributed by atoms with Gasteiger partial charge in [0.2, 0.25) is 0 Å². The smallest absolute Gasteiger partial charge is 0.262 e. The second-order valence-electron chi connectivity index (χ2n) is 6.06. The van der Waals surface area contributed by atoms with E-state index < -0.39 is 6.04 Å². The molecule has 0 radical (unpaired) electrons. The van der Waals surface area contributed by atoms with E-state index in [-0.39, 0.29) is 11.7 Å². The number of nitrogens with zero attached hydrogens (tertiary/aromatic N) is 1. The van der Waals surface area contributed by atoms with Gasteiger partial charge in [-0.05, 0) is 44.0 Å². The Morgan fingerprint density at radius 2 is 2.08 bits per heavy atom. The fourth-order valence-electron chi connectivity index (χ4n) is 2.57. The van der Waals surface area contributed by atoms with Gasteiger partial charge in [0.15, 0.2) is 11.5 Å². The molecule has 0 saturated heterocycles. The van der Waals surface area contributed by atoms with Crippen LogP contribution in [0.15, 0.2) is 41.5 Å². The van der Waals surface area contributed by atoms with Crippen LogP contribution in [0.4, 0.5) is 5.69 Å². The van der Waals surface area contributed by atoms with Gasteiger partial charge in [-0.2, -0.15) is 5.10 Å². The van der Waals surface area contributed by atoms with Crippen molar-refractivity contribution in [1.82, 2.24) is 5.43 Å². The van der Waals surface area contributed by atoms with E-state index in [1.165, 1.54) is 18.9 Å². The maximum Gasteiger partial charge on any atom is 0.262 e. The van der Waals surface area contributed by atoms with Gasteiger partial charge in [0, 0.05) is 11.3 Å². The summed E-state index contributed by atoms with van der Waals surface area (Å²) in [4.78, 5) is 12.4. The van der Waals surface area contributed by atoms with Gasteiger partial charge >= 0.3 is 0 Å². The van der Waals surface area contributed by atoms with E-state index in [0.717, 1.165) is 11.3 Å². The maximum atomic E-state index is 12.4. The number of anilines is 1. The molecule has 0 unspecified atom stereocenters. The zero-order valence-corrected chi connectivity index (χ0v) is 15.5. The normalized spacial score (nSPS) is 12.0. The second-order valence-corrected chi connectivity index (χ2v) is 6.06. The van der Waals surface area contributed by atoms with Crippen LogP contribution in [0.3, 0.4) is 0 Å². The highest BCUT2D eigenvalue weighted by molar-refractivity contribution is 5.88. The van der Waals surface area contributed by atoms with Crippen LogP contribution in [0, 0.1) is 13.8 Å². The van der Waals surface area contributed by atoms with Gasteiger partial charge in [-0.25, -0.2) is 5.43 Å². The molecular weight excluding hydrogens is 330 g/mol. The van der Waals surface area contributed by atoms with Crippen LogP contribution in [-0.4, -0.2) is 30.4 Å². The highest BCUT2D eigenvalue weighted by Gasteiger charge is 2.16. The summed E-state index contributed by atoms with van der Waals surface area (Å²) >= 11 is 0. The molecule has 3 N–H and O–H groups in total. The number of carbonyl (C=O) groups is 1. The topological polar surface area (TPSA) is 83.0 Å². The molecule has 2 aromatic rings. The van der Waals surface area contributed by atoms with E-state index >= 15 is 0 Å². The Labute approximate surface area is 153 Å². The molecule has 0 aromatic heterocycles. The first-order valence-corrected chi connectivity index (χ1v) is 8.49. The number of rotatable bonds is 7. The number of methoxy groups -OCH3 is 1. The Kier molecular flexibility index (Phi) is 6.60. The third kappa shape index (κ3) is 4.75. The van der Waals surface area contributed by atoms with Crippen molar-refractivity contribution in [2.75, 3.05) is 12.4 Å². The van der Waals surface area contributed by atoms with Gasteiger partial charge in [0.1, 0.15) is 6.04 Å². The van der Waals surface area contributed by atoms with Crippen molar-refractivity contribution in [3.8, 4) is 11.5 Å². The molecular formula is C20H25N3O3. The molecule has 138 valence electrons. The van der Waals surface area contributed by atoms with Crippen molar-refractivity contribution >= 4 is 17.8 Å². The number of amides is 1. The molecule has 0 saturated carbocycles. The lowest BCUT2D eigenvalue weighted by Gasteiger charge is -2.18. The number of aromatic hydroxyl groups is 1. The number of nitrogens with one attached hydrogen (secondary N) is 2. The monoisotopic (exact) mass is 355 g/mol. The predicted molar refractivity (Wildman–Crippen MR) is 104 cm³/mol. The third-order valence-corrected chi connectivity index (χ3v) is 4.06. The summed E-state index contributed by atoms with van der Waals surface area (Å²) < 4.78 is 5.05. The van der Waals surface area contributed by atoms with E-state index in [1.54, 1.807) is 18.2 Å². The summed E-state index contributed by atoms with van der Waals surface area (Å²) in [6.45, 7) is 5.96. The SMILES string of the molecule is CC[C@@H](Nc1ccc(C)cc1C)C(=O)NN=Cc1cccc(OC)c1O. The van der Waals surface area contributed by atoms with Crippen LogP contribution in [0.1, 0.15) is 30.0 Å². The molecule has 26 heavy (non-hydrogen) atoms. The van der Waals surface area contributed by atoms with Crippen molar-refractivity contribution in [2.45, 2.75) is 33.2 Å². The molecule has 0 aliphatic rings. The minimum Gasteiger partial charge on any atom is -0.504 e. The molecule has 0 bridgehead atoms. The van der Waals surface area contributed by atoms with Gasteiger partial charge in [-0.1, -0.05) is 30.7 Å². The first kappa shape index (κ1) is 19.3. The lowest BCUT2D eigenvalue weighted by atomic mass is 10.1. The van der Waals surface area contributed by atoms with Crippen LogP contribution in [0.5, 0.6) is 11.5 Å². The molecule has 2 aromatic carbocycles. The van der Waals surface area contributed by atoms with Crippen LogP contribution >= 0.6 is 0 Å². The van der Waals surface area contributed by atoms with Crippen LogP contribution in [0.2, 0.25) is 0 Å². The summed E-state index contributed by atoms with van der Waals surface area (Å²) in [5, 5.41) is 17.2. The van der Waals surface area contributed by atoms with Gasteiger partial charge in [0.05, 0.1) is 13.3 Å². The Hall–Kier alpha value is -3.02. The second kappa shape index (κ2) is 8.89. The average Bonchev–Trinajstić information content (AvgIpc) is 2.62. The number of aryl methyl sites for hydroxylation is 2. The minimum atomic E-state index is -0.410. The summed E-state index contributed by atoms with van der Waals surface area (Å²) in [5.74, 6) is 0.0859. The summed E-state index contributed by atoms with van der Waals surface area (Å²) in [7, 11) is 1.47. The number of phenols is 1. The van der Waals surface area contributed by atoms with Crippen molar-refractivity contribution in [3.05, 3.63) is 53.1 Å². The molecule has 1 atom stereocenters. The number of carbonyl (C=O) groups excluding carboxylic acids is 1. The number of ether oxygens (including phenoxy) is 1. The van der Waals surface area contributed by atoms with E-state index in [2.05, 4.69) is 21.9 Å². The zero-order valence-electron chi connectivity index (χ0n) is 15.5. The number of phenolic OH excluding ortho intramolecular Hbond substituents is 1. The number of para-hydroxylation sites is 1. The number of hydrazone groups is 1. The lowest BCUT2D eigenvalue weighted by Crippen LogP contribution is -2.37. The van der Waals surface area contributed by atoms with E-state index in [9.17, 15) is 9.90 Å². The highest BCUT2D eigenvalue weighted by atomic mass is 16.5. The Balaban J connectivity index is 2.03. The number of hydrogen-bond acceptors (Lipinski definition) is 5. The summed E-state index contributed by atoms with van der Waals surface area (Å²) in [6.07, 6.45) is 2.00. The Bertz CT molecular complexity index is 803. The number of benzene rings is 2. The summed E-state index contributed by atoms with van der Waals surface area (Å²) in [6, 6.07) is 10.7. The third-order valence-electron chi connectivity index (χ3n) is 4.06. The van der Waals surface area contributed by atoms with Crippen LogP contribution in [0.25, 0.3) is 0 Å². The van der Waals surface area contributed by atoms with E-state index in [4.69, 9.17) is 4.74 Å². The average molecular weight is 355 g/mol. The molecule has 0 aliphatic carbocycles. The summed E-state index contributed by atoms with van der Waals surface area (Å²) in [5.41, 5.74) is 6.15. The molecule has 6 heteroatoms. The van der Waals surface area contributed by atoms with Gasteiger partial charge in [-0.3, -0.25) is 4.79 Å². The fraction of sp³-hybridized carbons (Fsp3) is 0.300. The molecule has 0 aliphatic heterocycles. The molecule has 6 nitrogen and oxygen atoms in total. The van der Waals surface area contributed by atoms with Gasteiger partial charge in [-0.15, -0.1) is 0 Å². The minimum absolute atomic E-state index is 0.0200. The zero-order chi connectivity index (χ0) is 19.1. The number of hydrogen-bond donors (Lipinski definition) is 3. The predicted octanol–water partition coefficient (Wildman–Crippen LogP) is 3.36. The molecule has 1 amide bonds. The van der Waals surface area contributed by atoms with Crippen molar-refractivity contribution in [3.63, 3.8) is 0 Å². The highest BCUT2D eigenvalue weighted by Crippen LogP contribution is 2.27. The Morgan fingerprint density at radius 1 is 1.31 bits per heavy atom. The van der Waals surface area contributed by atoms with Crippen molar-refractivity contribution in [1.29, 1.82) is 0 Å². The van der Waals surface area contributed by atoms with E-state index in [1.807, 2.05) is 32.9 Å². The molecule has 0 fully saturated rings. The standard InChI is InChI=1S/C20H25N3O3/c1-5-16(22-17-10-9-13(2)11-14(17)3)20(25)23-21-12-15-7-6-8-18(26-4)19(15)24/h6-12,16,22,24H,5H2,1-4H3,(H,23,25)/t16-/m1/s1. The molecule has 0 spiro atoms. The molecule has 2 rings (SSSR count). The van der Waals surface area contributed by atoms with E-state index in [0.29, 0.717) is 17.7 Å². The van der Waals surface area contributed by atoms with Crippen molar-refractivity contribution < 1.29 is 14.6 Å². The fourth-order valence-corrected chi connectivity index (χ4v) is 2.57. The molecule has 0 heterocycles. The Morgan fingerprint density at radius 3 is 2.73 bits per heavy atom. The van der Waals surface area contributed by atoms with Crippen LogP contribution < -0.4 is 15.5 Å². The van der Waals surface area contributed by atoms with Gasteiger partial charge in [0.25, 0.3) is 5.91 Å². The quantitative estimate of drug-likeness (QED) is 0.525.